The van der Waals surface area contributed by atoms with E-state index in [-0.39, 0.29) is 19.4 Å². The molecule has 2 aliphatic rings. The van der Waals surface area contributed by atoms with Gasteiger partial charge in [-0.05, 0) is 12.8 Å². The number of aliphatic hydroxyl groups is 8. The molecule has 0 spiro atoms. The highest BCUT2D eigenvalue weighted by Gasteiger charge is 2.51. The maximum absolute atomic E-state index is 11.7. The largest absolute Gasteiger partial charge is 0.480 e. The third kappa shape index (κ3) is 6.76. The van der Waals surface area contributed by atoms with Crippen LogP contribution in [0.25, 0.3) is 0 Å². The molecule has 0 aromatic carbocycles. The van der Waals surface area contributed by atoms with Gasteiger partial charge in [0.1, 0.15) is 61.1 Å². The van der Waals surface area contributed by atoms with Crippen molar-refractivity contribution in [3.05, 3.63) is 0 Å². The van der Waals surface area contributed by atoms with Crippen LogP contribution in [0.15, 0.2) is 0 Å². The van der Waals surface area contributed by atoms with E-state index in [0.717, 1.165) is 0 Å². The fourth-order valence-corrected chi connectivity index (χ4v) is 3.66. The van der Waals surface area contributed by atoms with Gasteiger partial charge in [0.25, 0.3) is 0 Å². The number of nitrogens with two attached hydrogens (primary N) is 1. The van der Waals surface area contributed by atoms with Gasteiger partial charge in [0.15, 0.2) is 6.29 Å². The lowest BCUT2D eigenvalue weighted by Gasteiger charge is -2.46. The first kappa shape index (κ1) is 28.2. The zero-order chi connectivity index (χ0) is 24.9. The van der Waals surface area contributed by atoms with Crippen molar-refractivity contribution in [2.45, 2.75) is 86.3 Å². The first-order chi connectivity index (χ1) is 15.5. The van der Waals surface area contributed by atoms with Crippen LogP contribution in [0.2, 0.25) is 0 Å². The standard InChI is InChI=1S/C18H34N2O13/c19-3-6(23)1-2-7(17(29)30)20-16-15(13(27)11(25)8(4-21)31-16)33-18-14(28)12(26)10(24)9(5-22)32-18/h6-16,18,20-28H,1-5,19H2,(H,29,30)/t6-,7+,8-,9-,10-,11+,12+,13+,14-,15-,16-,18-/m1/s1. The van der Waals surface area contributed by atoms with Crippen LogP contribution in [0.1, 0.15) is 12.8 Å². The predicted octanol–water partition coefficient (Wildman–Crippen LogP) is -6.25. The average Bonchev–Trinajstić information content (AvgIpc) is 2.80. The molecule has 2 rings (SSSR count). The maximum atomic E-state index is 11.7. The molecule has 12 N–H and O–H groups in total. The minimum Gasteiger partial charge on any atom is -0.480 e. The van der Waals surface area contributed by atoms with Gasteiger partial charge in [-0.25, -0.2) is 0 Å². The highest BCUT2D eigenvalue weighted by Crippen LogP contribution is 2.29. The van der Waals surface area contributed by atoms with Crippen LogP contribution in [0.4, 0.5) is 0 Å². The third-order valence-corrected chi connectivity index (χ3v) is 5.73. The number of hydrogen-bond acceptors (Lipinski definition) is 14. The second-order valence-corrected chi connectivity index (χ2v) is 8.08. The summed E-state index contributed by atoms with van der Waals surface area (Å²) in [7, 11) is 0. The molecule has 0 saturated carbocycles. The highest BCUT2D eigenvalue weighted by molar-refractivity contribution is 5.73. The van der Waals surface area contributed by atoms with Crippen LogP contribution in [0, 0.1) is 0 Å². The van der Waals surface area contributed by atoms with Crippen molar-refractivity contribution in [2.24, 2.45) is 5.73 Å². The number of aliphatic hydroxyl groups excluding tert-OH is 8. The quantitative estimate of drug-likeness (QED) is 0.130. The number of nitrogens with one attached hydrogen (secondary N) is 1. The lowest BCUT2D eigenvalue weighted by atomic mass is 9.96. The molecule has 12 atom stereocenters. The van der Waals surface area contributed by atoms with Crippen molar-refractivity contribution < 1.29 is 65.0 Å². The third-order valence-electron chi connectivity index (χ3n) is 5.73. The summed E-state index contributed by atoms with van der Waals surface area (Å²) < 4.78 is 16.2. The monoisotopic (exact) mass is 486 g/mol. The number of ether oxygens (including phenoxy) is 3. The molecular formula is C18H34N2O13. The molecule has 15 nitrogen and oxygen atoms in total. The van der Waals surface area contributed by atoms with Gasteiger partial charge in [-0.1, -0.05) is 0 Å². The van der Waals surface area contributed by atoms with Crippen molar-refractivity contribution >= 4 is 5.97 Å². The minimum atomic E-state index is -1.83. The predicted molar refractivity (Wildman–Crippen MR) is 105 cm³/mol. The average molecular weight is 486 g/mol. The number of carboxylic acid groups (broad SMARTS) is 1. The Bertz CT molecular complexity index is 614. The number of rotatable bonds is 11. The van der Waals surface area contributed by atoms with Gasteiger partial charge in [0.05, 0.1) is 19.3 Å². The molecule has 0 aromatic heterocycles. The van der Waals surface area contributed by atoms with E-state index in [9.17, 15) is 50.8 Å². The van der Waals surface area contributed by atoms with E-state index in [1.165, 1.54) is 0 Å². The molecule has 2 aliphatic heterocycles. The Hall–Kier alpha value is -1.05. The molecule has 0 radical (unpaired) electrons. The Labute approximate surface area is 188 Å². The van der Waals surface area contributed by atoms with Gasteiger partial charge in [0.2, 0.25) is 0 Å². The SMILES string of the molecule is NC[C@H](O)CC[C@H](N[C@@H]1O[C@H](CO)[C@H](O)[C@H](O)[C@H]1O[C@H]1O[C@H](CO)[C@@H](O)[C@H](O)[C@H]1O)C(=O)O. The lowest BCUT2D eigenvalue weighted by molar-refractivity contribution is -0.344. The summed E-state index contributed by atoms with van der Waals surface area (Å²) in [6.45, 7) is -1.56. The van der Waals surface area contributed by atoms with Crippen molar-refractivity contribution in [1.29, 1.82) is 0 Å². The molecule has 15 heteroatoms. The van der Waals surface area contributed by atoms with Crippen molar-refractivity contribution in [1.82, 2.24) is 5.32 Å². The first-order valence-corrected chi connectivity index (χ1v) is 10.5. The number of carboxylic acids is 1. The van der Waals surface area contributed by atoms with Gasteiger partial charge < -0.3 is 65.9 Å². The fourth-order valence-electron chi connectivity index (χ4n) is 3.66. The molecule has 0 aliphatic carbocycles. The van der Waals surface area contributed by atoms with E-state index >= 15 is 0 Å². The summed E-state index contributed by atoms with van der Waals surface area (Å²) in [4.78, 5) is 11.7. The van der Waals surface area contributed by atoms with Crippen LogP contribution in [0.3, 0.4) is 0 Å². The van der Waals surface area contributed by atoms with Gasteiger partial charge in [0, 0.05) is 6.54 Å². The normalized spacial score (nSPS) is 41.5. The molecule has 0 unspecified atom stereocenters. The van der Waals surface area contributed by atoms with Crippen molar-refractivity contribution in [3.63, 3.8) is 0 Å². The van der Waals surface area contributed by atoms with E-state index in [1.807, 2.05) is 0 Å². The Balaban J connectivity index is 2.22. The molecule has 33 heavy (non-hydrogen) atoms. The molecule has 2 heterocycles. The summed E-state index contributed by atoms with van der Waals surface area (Å²) in [5.74, 6) is -1.34. The molecular weight excluding hydrogens is 452 g/mol. The van der Waals surface area contributed by atoms with E-state index < -0.39 is 92.7 Å². The van der Waals surface area contributed by atoms with Crippen LogP contribution in [0.5, 0.6) is 0 Å². The van der Waals surface area contributed by atoms with Gasteiger partial charge in [-0.2, -0.15) is 0 Å². The highest BCUT2D eigenvalue weighted by atomic mass is 16.7. The van der Waals surface area contributed by atoms with E-state index in [0.29, 0.717) is 0 Å². The first-order valence-electron chi connectivity index (χ1n) is 10.5. The zero-order valence-electron chi connectivity index (χ0n) is 17.7. The molecule has 0 amide bonds. The van der Waals surface area contributed by atoms with Crippen molar-refractivity contribution in [3.8, 4) is 0 Å². The molecule has 0 bridgehead atoms. The number of aliphatic carboxylic acids is 1. The number of carbonyl (C=O) groups is 1. The molecule has 0 aromatic rings. The summed E-state index contributed by atoms with van der Waals surface area (Å²) in [5.41, 5.74) is 5.33. The Morgan fingerprint density at radius 1 is 0.909 bits per heavy atom. The van der Waals surface area contributed by atoms with Crippen molar-refractivity contribution in [2.75, 3.05) is 19.8 Å². The molecule has 194 valence electrons. The zero-order valence-corrected chi connectivity index (χ0v) is 17.7. The van der Waals surface area contributed by atoms with Crippen LogP contribution in [-0.2, 0) is 19.0 Å². The maximum Gasteiger partial charge on any atom is 0.320 e. The van der Waals surface area contributed by atoms with Gasteiger partial charge >= 0.3 is 5.97 Å². The van der Waals surface area contributed by atoms with Crippen LogP contribution in [-0.4, -0.2) is 145 Å². The Morgan fingerprint density at radius 2 is 1.48 bits per heavy atom. The summed E-state index contributed by atoms with van der Waals surface area (Å²) >= 11 is 0. The Morgan fingerprint density at radius 3 is 2.03 bits per heavy atom. The Kier molecular flexibility index (Phi) is 10.8. The minimum absolute atomic E-state index is 0.0139. The van der Waals surface area contributed by atoms with Crippen LogP contribution < -0.4 is 11.1 Å². The fraction of sp³-hybridized carbons (Fsp3) is 0.944. The van der Waals surface area contributed by atoms with Gasteiger partial charge in [-0.3, -0.25) is 10.1 Å². The number of hydrogen-bond donors (Lipinski definition) is 11. The summed E-state index contributed by atoms with van der Waals surface area (Å²) in [6.07, 6.45) is -17.2. The van der Waals surface area contributed by atoms with E-state index in [2.05, 4.69) is 5.32 Å². The van der Waals surface area contributed by atoms with Gasteiger partial charge in [-0.15, -0.1) is 0 Å². The second kappa shape index (κ2) is 12.6. The second-order valence-electron chi connectivity index (χ2n) is 8.08. The summed E-state index contributed by atoms with van der Waals surface area (Å²) in [6, 6.07) is -1.33. The molecule has 2 fully saturated rings. The topological polar surface area (TPSA) is 265 Å². The van der Waals surface area contributed by atoms with E-state index in [1.54, 1.807) is 0 Å². The lowest BCUT2D eigenvalue weighted by Crippen LogP contribution is -2.67. The van der Waals surface area contributed by atoms with E-state index in [4.69, 9.17) is 19.9 Å². The molecule has 2 saturated heterocycles. The smallest absolute Gasteiger partial charge is 0.320 e. The summed E-state index contributed by atoms with van der Waals surface area (Å²) in [5, 5.41) is 91.3. The van der Waals surface area contributed by atoms with Crippen LogP contribution >= 0.6 is 0 Å².